The molecule has 1 aliphatic rings. The monoisotopic (exact) mass is 266 g/mol. The highest BCUT2D eigenvalue weighted by Crippen LogP contribution is 2.36. The summed E-state index contributed by atoms with van der Waals surface area (Å²) >= 11 is 0. The molecule has 2 rings (SSSR count). The van der Waals surface area contributed by atoms with Crippen LogP contribution in [0.2, 0.25) is 0 Å². The SMILES string of the molecule is CCOc1cc(B2OC(C)(C)C(C)(C)O2)ccc1F. The van der Waals surface area contributed by atoms with Crippen LogP contribution in [0.1, 0.15) is 34.6 Å². The Kier molecular flexibility index (Phi) is 3.62. The molecule has 1 saturated heterocycles. The van der Waals surface area contributed by atoms with E-state index in [-0.39, 0.29) is 11.6 Å². The van der Waals surface area contributed by atoms with Crippen molar-refractivity contribution in [3.63, 3.8) is 0 Å². The van der Waals surface area contributed by atoms with Crippen molar-refractivity contribution in [3.8, 4) is 5.75 Å². The van der Waals surface area contributed by atoms with Crippen LogP contribution in [0.15, 0.2) is 18.2 Å². The van der Waals surface area contributed by atoms with Crippen LogP contribution in [0.4, 0.5) is 4.39 Å². The van der Waals surface area contributed by atoms with Crippen LogP contribution in [-0.2, 0) is 9.31 Å². The molecule has 1 heterocycles. The minimum absolute atomic E-state index is 0.231. The van der Waals surface area contributed by atoms with Crippen LogP contribution >= 0.6 is 0 Å². The summed E-state index contributed by atoms with van der Waals surface area (Å²) < 4.78 is 30.6. The van der Waals surface area contributed by atoms with Gasteiger partial charge in [-0.3, -0.25) is 0 Å². The van der Waals surface area contributed by atoms with E-state index in [0.29, 0.717) is 6.61 Å². The van der Waals surface area contributed by atoms with E-state index in [1.165, 1.54) is 6.07 Å². The molecule has 0 unspecified atom stereocenters. The zero-order chi connectivity index (χ0) is 14.3. The van der Waals surface area contributed by atoms with Gasteiger partial charge in [0.05, 0.1) is 17.8 Å². The Hall–Kier alpha value is -1.07. The number of benzene rings is 1. The molecule has 0 aliphatic carbocycles. The van der Waals surface area contributed by atoms with Crippen LogP contribution in [-0.4, -0.2) is 24.9 Å². The average molecular weight is 266 g/mol. The minimum Gasteiger partial charge on any atom is -0.491 e. The van der Waals surface area contributed by atoms with Crippen LogP contribution in [0, 0.1) is 5.82 Å². The molecule has 0 atom stereocenters. The molecule has 0 bridgehead atoms. The van der Waals surface area contributed by atoms with Gasteiger partial charge in [-0.05, 0) is 52.2 Å². The summed E-state index contributed by atoms with van der Waals surface area (Å²) in [5.74, 6) is -0.142. The van der Waals surface area contributed by atoms with Crippen molar-refractivity contribution >= 4 is 12.6 Å². The maximum atomic E-state index is 13.5. The Morgan fingerprint density at radius 1 is 1.16 bits per heavy atom. The summed E-state index contributed by atoms with van der Waals surface area (Å²) in [7, 11) is -0.496. The molecule has 0 spiro atoms. The molecule has 104 valence electrons. The Morgan fingerprint density at radius 2 is 1.74 bits per heavy atom. The van der Waals surface area contributed by atoms with Crippen LogP contribution in [0.3, 0.4) is 0 Å². The second-order valence-electron chi connectivity index (χ2n) is 5.71. The summed E-state index contributed by atoms with van der Waals surface area (Å²) in [6.45, 7) is 10.2. The molecular formula is C14H20BFO3. The lowest BCUT2D eigenvalue weighted by atomic mass is 9.79. The van der Waals surface area contributed by atoms with Gasteiger partial charge in [-0.2, -0.15) is 0 Å². The van der Waals surface area contributed by atoms with E-state index in [4.69, 9.17) is 14.0 Å². The van der Waals surface area contributed by atoms with Gasteiger partial charge in [0, 0.05) is 0 Å². The summed E-state index contributed by atoms with van der Waals surface area (Å²) in [5.41, 5.74) is -0.0427. The van der Waals surface area contributed by atoms with Gasteiger partial charge >= 0.3 is 7.12 Å². The predicted molar refractivity (Wildman–Crippen MR) is 73.3 cm³/mol. The lowest BCUT2D eigenvalue weighted by Crippen LogP contribution is -2.41. The van der Waals surface area contributed by atoms with E-state index in [0.717, 1.165) is 5.46 Å². The van der Waals surface area contributed by atoms with Crippen molar-refractivity contribution in [2.75, 3.05) is 6.61 Å². The fraction of sp³-hybridized carbons (Fsp3) is 0.571. The average Bonchev–Trinajstić information content (AvgIpc) is 2.51. The van der Waals surface area contributed by atoms with E-state index in [1.807, 2.05) is 34.6 Å². The first-order valence-corrected chi connectivity index (χ1v) is 6.55. The molecule has 0 amide bonds. The quantitative estimate of drug-likeness (QED) is 0.787. The number of hydrogen-bond donors (Lipinski definition) is 0. The zero-order valence-electron chi connectivity index (χ0n) is 12.1. The summed E-state index contributed by atoms with van der Waals surface area (Å²) in [5, 5.41) is 0. The van der Waals surface area contributed by atoms with E-state index >= 15 is 0 Å². The van der Waals surface area contributed by atoms with Crippen molar-refractivity contribution < 1.29 is 18.4 Å². The van der Waals surface area contributed by atoms with Gasteiger partial charge in [-0.1, -0.05) is 6.07 Å². The highest BCUT2D eigenvalue weighted by Gasteiger charge is 2.51. The van der Waals surface area contributed by atoms with Gasteiger partial charge in [0.25, 0.3) is 0 Å². The largest absolute Gasteiger partial charge is 0.494 e. The molecular weight excluding hydrogens is 246 g/mol. The fourth-order valence-electron chi connectivity index (χ4n) is 1.91. The Morgan fingerprint density at radius 3 is 2.26 bits per heavy atom. The van der Waals surface area contributed by atoms with E-state index in [9.17, 15) is 4.39 Å². The van der Waals surface area contributed by atoms with Crippen molar-refractivity contribution in [1.29, 1.82) is 0 Å². The summed E-state index contributed by atoms with van der Waals surface area (Å²) in [6.07, 6.45) is 0. The molecule has 1 aromatic rings. The maximum absolute atomic E-state index is 13.5. The third kappa shape index (κ3) is 2.62. The van der Waals surface area contributed by atoms with Crippen LogP contribution in [0.5, 0.6) is 5.75 Å². The molecule has 0 aromatic heterocycles. The number of ether oxygens (including phenoxy) is 1. The van der Waals surface area contributed by atoms with Crippen molar-refractivity contribution in [3.05, 3.63) is 24.0 Å². The van der Waals surface area contributed by atoms with Crippen molar-refractivity contribution in [1.82, 2.24) is 0 Å². The molecule has 1 fully saturated rings. The second kappa shape index (κ2) is 4.80. The lowest BCUT2D eigenvalue weighted by Gasteiger charge is -2.32. The highest BCUT2D eigenvalue weighted by molar-refractivity contribution is 6.62. The maximum Gasteiger partial charge on any atom is 0.494 e. The Labute approximate surface area is 114 Å². The molecule has 0 saturated carbocycles. The van der Waals surface area contributed by atoms with Gasteiger partial charge in [-0.25, -0.2) is 4.39 Å². The van der Waals surface area contributed by atoms with E-state index in [1.54, 1.807) is 12.1 Å². The van der Waals surface area contributed by atoms with Crippen molar-refractivity contribution in [2.24, 2.45) is 0 Å². The Balaban J connectivity index is 2.27. The first-order chi connectivity index (χ1) is 8.77. The Bertz CT molecular complexity index is 458. The molecule has 1 aliphatic heterocycles. The van der Waals surface area contributed by atoms with Gasteiger partial charge in [0.15, 0.2) is 11.6 Å². The summed E-state index contributed by atoms with van der Waals surface area (Å²) in [4.78, 5) is 0. The fourth-order valence-corrected chi connectivity index (χ4v) is 1.91. The zero-order valence-corrected chi connectivity index (χ0v) is 12.1. The third-order valence-electron chi connectivity index (χ3n) is 3.78. The third-order valence-corrected chi connectivity index (χ3v) is 3.78. The number of rotatable bonds is 3. The molecule has 1 aromatic carbocycles. The molecule has 19 heavy (non-hydrogen) atoms. The molecule has 0 N–H and O–H groups in total. The second-order valence-corrected chi connectivity index (χ2v) is 5.71. The number of halogens is 1. The lowest BCUT2D eigenvalue weighted by molar-refractivity contribution is 0.00578. The van der Waals surface area contributed by atoms with Crippen molar-refractivity contribution in [2.45, 2.75) is 45.8 Å². The first kappa shape index (κ1) is 14.3. The van der Waals surface area contributed by atoms with Crippen LogP contribution < -0.4 is 10.2 Å². The standard InChI is InChI=1S/C14H20BFO3/c1-6-17-12-9-10(7-8-11(12)16)15-18-13(2,3)14(4,5)19-15/h7-9H,6H2,1-5H3. The van der Waals surface area contributed by atoms with E-state index in [2.05, 4.69) is 0 Å². The minimum atomic E-state index is -0.496. The molecule has 5 heteroatoms. The molecule has 0 radical (unpaired) electrons. The predicted octanol–water partition coefficient (Wildman–Crippen LogP) is 2.52. The van der Waals surface area contributed by atoms with Gasteiger partial charge in [0.2, 0.25) is 0 Å². The van der Waals surface area contributed by atoms with Gasteiger partial charge < -0.3 is 14.0 Å². The first-order valence-electron chi connectivity index (χ1n) is 6.55. The topological polar surface area (TPSA) is 27.7 Å². The molecule has 3 nitrogen and oxygen atoms in total. The van der Waals surface area contributed by atoms with E-state index < -0.39 is 18.3 Å². The summed E-state index contributed by atoms with van der Waals surface area (Å²) in [6, 6.07) is 4.69. The highest BCUT2D eigenvalue weighted by atomic mass is 19.1. The number of hydrogen-bond acceptors (Lipinski definition) is 3. The smallest absolute Gasteiger partial charge is 0.491 e. The van der Waals surface area contributed by atoms with Gasteiger partial charge in [-0.15, -0.1) is 0 Å². The normalized spacial score (nSPS) is 20.6. The van der Waals surface area contributed by atoms with Gasteiger partial charge in [0.1, 0.15) is 0 Å². The van der Waals surface area contributed by atoms with Crippen LogP contribution in [0.25, 0.3) is 0 Å².